The van der Waals surface area contributed by atoms with Crippen molar-refractivity contribution in [2.45, 2.75) is 37.8 Å². The van der Waals surface area contributed by atoms with Gasteiger partial charge in [0.25, 0.3) is 0 Å². The van der Waals surface area contributed by atoms with Crippen molar-refractivity contribution in [3.05, 3.63) is 35.4 Å². The zero-order valence-corrected chi connectivity index (χ0v) is 9.52. The molecule has 0 aromatic heterocycles. The van der Waals surface area contributed by atoms with E-state index in [1.165, 1.54) is 30.4 Å². The van der Waals surface area contributed by atoms with Crippen LogP contribution in [0.5, 0.6) is 0 Å². The molecule has 1 aliphatic carbocycles. The first kappa shape index (κ1) is 10.3. The molecular formula is C14H19NO. The summed E-state index contributed by atoms with van der Waals surface area (Å²) in [6, 6.07) is 8.68. The molecule has 16 heavy (non-hydrogen) atoms. The first-order valence-corrected chi connectivity index (χ1v) is 6.35. The molecule has 1 aliphatic heterocycles. The molecule has 0 amide bonds. The maximum absolute atomic E-state index is 10.4. The summed E-state index contributed by atoms with van der Waals surface area (Å²) in [6.45, 7) is 0.992. The zero-order chi connectivity index (χ0) is 11.0. The van der Waals surface area contributed by atoms with E-state index in [-0.39, 0.29) is 12.1 Å². The van der Waals surface area contributed by atoms with Crippen LogP contribution in [0.25, 0.3) is 0 Å². The van der Waals surface area contributed by atoms with E-state index < -0.39 is 0 Å². The first-order valence-electron chi connectivity index (χ1n) is 6.35. The molecule has 2 atom stereocenters. The molecule has 2 heteroatoms. The number of fused-ring (bicyclic) bond motifs is 1. The smallest absolute Gasteiger partial charge is 0.0763 e. The molecule has 1 saturated carbocycles. The fourth-order valence-corrected chi connectivity index (χ4v) is 2.90. The molecule has 86 valence electrons. The van der Waals surface area contributed by atoms with Gasteiger partial charge < -0.3 is 10.4 Å². The van der Waals surface area contributed by atoms with E-state index in [9.17, 15) is 5.11 Å². The third-order valence-electron chi connectivity index (χ3n) is 4.12. The normalized spacial score (nSPS) is 26.9. The Morgan fingerprint density at radius 2 is 2.06 bits per heavy atom. The molecule has 2 nitrogen and oxygen atoms in total. The summed E-state index contributed by atoms with van der Waals surface area (Å²) in [5.74, 6) is 0.517. The highest BCUT2D eigenvalue weighted by molar-refractivity contribution is 5.33. The minimum Gasteiger partial charge on any atom is -0.391 e. The molecule has 2 unspecified atom stereocenters. The summed E-state index contributed by atoms with van der Waals surface area (Å²) < 4.78 is 0. The summed E-state index contributed by atoms with van der Waals surface area (Å²) in [4.78, 5) is 0. The Labute approximate surface area is 96.7 Å². The molecule has 0 spiro atoms. The van der Waals surface area contributed by atoms with Gasteiger partial charge in [-0.1, -0.05) is 30.7 Å². The lowest BCUT2D eigenvalue weighted by atomic mass is 9.76. The van der Waals surface area contributed by atoms with Gasteiger partial charge in [-0.2, -0.15) is 0 Å². The molecule has 1 heterocycles. The van der Waals surface area contributed by atoms with Crippen LogP contribution in [-0.2, 0) is 6.42 Å². The lowest BCUT2D eigenvalue weighted by Gasteiger charge is -2.38. The highest BCUT2D eigenvalue weighted by atomic mass is 16.3. The monoisotopic (exact) mass is 217 g/mol. The van der Waals surface area contributed by atoms with Crippen molar-refractivity contribution in [1.29, 1.82) is 0 Å². The van der Waals surface area contributed by atoms with E-state index in [1.54, 1.807) is 0 Å². The number of rotatable bonds is 2. The Morgan fingerprint density at radius 1 is 1.25 bits per heavy atom. The van der Waals surface area contributed by atoms with Crippen molar-refractivity contribution in [3.63, 3.8) is 0 Å². The number of hydrogen-bond donors (Lipinski definition) is 2. The molecule has 2 N–H and O–H groups in total. The maximum atomic E-state index is 10.4. The van der Waals surface area contributed by atoms with Gasteiger partial charge >= 0.3 is 0 Å². The van der Waals surface area contributed by atoms with E-state index in [0.29, 0.717) is 5.92 Å². The van der Waals surface area contributed by atoms with Crippen LogP contribution in [-0.4, -0.2) is 17.8 Å². The van der Waals surface area contributed by atoms with Crippen molar-refractivity contribution in [2.24, 2.45) is 5.92 Å². The number of aliphatic hydroxyl groups excluding tert-OH is 1. The Balaban J connectivity index is 1.86. The highest BCUT2D eigenvalue weighted by Crippen LogP contribution is 2.37. The molecular weight excluding hydrogens is 198 g/mol. The molecule has 3 rings (SSSR count). The quantitative estimate of drug-likeness (QED) is 0.794. The Morgan fingerprint density at radius 3 is 2.81 bits per heavy atom. The van der Waals surface area contributed by atoms with Crippen molar-refractivity contribution in [1.82, 2.24) is 5.32 Å². The molecule has 0 radical (unpaired) electrons. The molecule has 0 bridgehead atoms. The van der Waals surface area contributed by atoms with Crippen LogP contribution in [0.1, 0.15) is 36.4 Å². The second-order valence-corrected chi connectivity index (χ2v) is 5.06. The average molecular weight is 217 g/mol. The minimum absolute atomic E-state index is 0.162. The van der Waals surface area contributed by atoms with E-state index in [1.807, 2.05) is 0 Å². The maximum Gasteiger partial charge on any atom is 0.0763 e. The predicted molar refractivity (Wildman–Crippen MR) is 64.2 cm³/mol. The Hall–Kier alpha value is -0.860. The van der Waals surface area contributed by atoms with Crippen LogP contribution in [0.15, 0.2) is 24.3 Å². The van der Waals surface area contributed by atoms with Gasteiger partial charge in [-0.3, -0.25) is 0 Å². The zero-order valence-electron chi connectivity index (χ0n) is 9.52. The van der Waals surface area contributed by atoms with Gasteiger partial charge in [0.15, 0.2) is 0 Å². The lowest BCUT2D eigenvalue weighted by Crippen LogP contribution is -2.42. The van der Waals surface area contributed by atoms with Gasteiger partial charge in [-0.15, -0.1) is 0 Å². The fraction of sp³-hybridized carbons (Fsp3) is 0.571. The molecule has 1 aromatic carbocycles. The summed E-state index contributed by atoms with van der Waals surface area (Å²) in [5.41, 5.74) is 2.72. The summed E-state index contributed by atoms with van der Waals surface area (Å²) in [5, 5.41) is 13.9. The molecule has 2 aliphatic rings. The lowest BCUT2D eigenvalue weighted by molar-refractivity contribution is 0.0285. The Kier molecular flexibility index (Phi) is 2.70. The SMILES string of the molecule is OC(C1CCC1)C1NCCc2ccccc21. The molecule has 0 saturated heterocycles. The van der Waals surface area contributed by atoms with Crippen LogP contribution in [0.2, 0.25) is 0 Å². The standard InChI is InChI=1S/C14H19NO/c16-14(11-5-3-6-11)13-12-7-2-1-4-10(12)8-9-15-13/h1-2,4,7,11,13-16H,3,5-6,8-9H2. The van der Waals surface area contributed by atoms with Crippen LogP contribution >= 0.6 is 0 Å². The van der Waals surface area contributed by atoms with E-state index in [4.69, 9.17) is 0 Å². The summed E-state index contributed by atoms with van der Waals surface area (Å²) in [6.07, 6.45) is 4.57. The topological polar surface area (TPSA) is 32.3 Å². The van der Waals surface area contributed by atoms with Crippen LogP contribution in [0, 0.1) is 5.92 Å². The summed E-state index contributed by atoms with van der Waals surface area (Å²) in [7, 11) is 0. The van der Waals surface area contributed by atoms with Gasteiger partial charge in [0.05, 0.1) is 12.1 Å². The largest absolute Gasteiger partial charge is 0.391 e. The third-order valence-corrected chi connectivity index (χ3v) is 4.12. The number of aliphatic hydroxyl groups is 1. The number of hydrogen-bond acceptors (Lipinski definition) is 2. The fourth-order valence-electron chi connectivity index (χ4n) is 2.90. The van der Waals surface area contributed by atoms with E-state index in [0.717, 1.165) is 13.0 Å². The van der Waals surface area contributed by atoms with Crippen molar-refractivity contribution in [3.8, 4) is 0 Å². The van der Waals surface area contributed by atoms with Gasteiger partial charge in [0.2, 0.25) is 0 Å². The third kappa shape index (κ3) is 1.66. The predicted octanol–water partition coefficient (Wildman–Crippen LogP) is 2.03. The average Bonchev–Trinajstić information content (AvgIpc) is 2.26. The number of nitrogens with one attached hydrogen (secondary N) is 1. The number of benzene rings is 1. The first-order chi connectivity index (χ1) is 7.86. The van der Waals surface area contributed by atoms with Crippen LogP contribution < -0.4 is 5.32 Å². The highest BCUT2D eigenvalue weighted by Gasteiger charge is 2.34. The molecule has 1 aromatic rings. The van der Waals surface area contributed by atoms with Gasteiger partial charge in [0.1, 0.15) is 0 Å². The van der Waals surface area contributed by atoms with E-state index >= 15 is 0 Å². The van der Waals surface area contributed by atoms with Crippen LogP contribution in [0.4, 0.5) is 0 Å². The van der Waals surface area contributed by atoms with E-state index in [2.05, 4.69) is 29.6 Å². The minimum atomic E-state index is -0.199. The van der Waals surface area contributed by atoms with Crippen molar-refractivity contribution < 1.29 is 5.11 Å². The van der Waals surface area contributed by atoms with Gasteiger partial charge in [-0.25, -0.2) is 0 Å². The van der Waals surface area contributed by atoms with Crippen LogP contribution in [0.3, 0.4) is 0 Å². The summed E-state index contributed by atoms with van der Waals surface area (Å²) >= 11 is 0. The second kappa shape index (κ2) is 4.19. The van der Waals surface area contributed by atoms with Crippen molar-refractivity contribution in [2.75, 3.05) is 6.54 Å². The van der Waals surface area contributed by atoms with Crippen molar-refractivity contribution >= 4 is 0 Å². The van der Waals surface area contributed by atoms with Gasteiger partial charge in [-0.05, 0) is 42.9 Å². The second-order valence-electron chi connectivity index (χ2n) is 5.06. The molecule has 1 fully saturated rings. The van der Waals surface area contributed by atoms with Gasteiger partial charge in [0, 0.05) is 0 Å². The Bertz CT molecular complexity index is 373.